The van der Waals surface area contributed by atoms with Crippen LogP contribution in [-0.2, 0) is 18.9 Å². The molecule has 0 rings (SSSR count). The molecule has 0 aromatic heterocycles. The van der Waals surface area contributed by atoms with Gasteiger partial charge in [-0.25, -0.2) is 9.44 Å². The fraction of sp³-hybridized carbons (Fsp3) is 1.00. The van der Waals surface area contributed by atoms with E-state index in [1.165, 1.54) is 0 Å². The molecular formula is C3H9NaO5S. The number of hydrogen-bond acceptors (Lipinski definition) is 5. The van der Waals surface area contributed by atoms with E-state index in [1.54, 1.807) is 6.92 Å². The van der Waals surface area contributed by atoms with Gasteiger partial charge in [0.25, 0.3) is 0 Å². The summed E-state index contributed by atoms with van der Waals surface area (Å²) in [5, 5.41) is 7.61. The molecule has 0 amide bonds. The average Bonchev–Trinajstić information content (AvgIpc) is 1.84. The second-order valence-electron chi connectivity index (χ2n) is 1.30. The predicted molar refractivity (Wildman–Crippen MR) is 36.0 cm³/mol. The van der Waals surface area contributed by atoms with E-state index in [0.29, 0.717) is 6.42 Å². The van der Waals surface area contributed by atoms with Crippen molar-refractivity contribution in [2.24, 2.45) is 0 Å². The van der Waals surface area contributed by atoms with Crippen LogP contribution >= 0.6 is 0 Å². The molecule has 7 heteroatoms. The first-order chi connectivity index (χ1) is 4.12. The third-order valence-electron chi connectivity index (χ3n) is 0.523. The van der Waals surface area contributed by atoms with Crippen LogP contribution in [0.15, 0.2) is 0 Å². The quantitative estimate of drug-likeness (QED) is 0.358. The van der Waals surface area contributed by atoms with Crippen LogP contribution in [0.1, 0.15) is 13.3 Å². The second kappa shape index (κ2) is 6.53. The molecule has 10 heavy (non-hydrogen) atoms. The molecule has 0 saturated carbocycles. The minimum absolute atomic E-state index is 0. The zero-order valence-electron chi connectivity index (χ0n) is 4.90. The third kappa shape index (κ3) is 6.94. The second-order valence-corrected chi connectivity index (χ2v) is 2.51. The molecular weight excluding hydrogens is 171 g/mol. The summed E-state index contributed by atoms with van der Waals surface area (Å²) in [6.07, 6.45) is 0.544. The zero-order valence-corrected chi connectivity index (χ0v) is 5.72. The first-order valence-electron chi connectivity index (χ1n) is 2.35. The molecule has 0 heterocycles. The Morgan fingerprint density at radius 2 is 2.00 bits per heavy atom. The van der Waals surface area contributed by atoms with Gasteiger partial charge in [0.15, 0.2) is 0 Å². The molecule has 0 aliphatic rings. The van der Waals surface area contributed by atoms with Gasteiger partial charge in [-0.2, -0.15) is 8.42 Å². The molecule has 0 fully saturated rings. The normalized spacial score (nSPS) is 10.6. The SMILES string of the molecule is CCCOS(=O)(=O)OO.[NaH]. The van der Waals surface area contributed by atoms with E-state index in [-0.39, 0.29) is 36.2 Å². The molecule has 0 radical (unpaired) electrons. The van der Waals surface area contributed by atoms with Gasteiger partial charge in [-0.1, -0.05) is 11.3 Å². The van der Waals surface area contributed by atoms with Crippen molar-refractivity contribution in [3.63, 3.8) is 0 Å². The van der Waals surface area contributed by atoms with Crippen LogP contribution in [0.3, 0.4) is 0 Å². The van der Waals surface area contributed by atoms with Gasteiger partial charge in [-0.3, -0.25) is 0 Å². The average molecular weight is 180 g/mol. The Bertz CT molecular complexity index is 152. The van der Waals surface area contributed by atoms with E-state index in [9.17, 15) is 8.42 Å². The summed E-state index contributed by atoms with van der Waals surface area (Å²) in [7, 11) is -4.13. The van der Waals surface area contributed by atoms with E-state index in [2.05, 4.69) is 8.52 Å². The van der Waals surface area contributed by atoms with Crippen LogP contribution in [0.5, 0.6) is 0 Å². The van der Waals surface area contributed by atoms with Gasteiger partial charge >= 0.3 is 40.0 Å². The van der Waals surface area contributed by atoms with Crippen molar-refractivity contribution in [1.29, 1.82) is 0 Å². The Morgan fingerprint density at radius 3 is 2.30 bits per heavy atom. The van der Waals surface area contributed by atoms with Gasteiger partial charge in [0.05, 0.1) is 6.61 Å². The first kappa shape index (κ1) is 13.4. The summed E-state index contributed by atoms with van der Waals surface area (Å²) >= 11 is 0. The Balaban J connectivity index is 0. The third-order valence-corrected chi connectivity index (χ3v) is 1.16. The van der Waals surface area contributed by atoms with Crippen molar-refractivity contribution >= 4 is 40.0 Å². The summed E-state index contributed by atoms with van der Waals surface area (Å²) in [6, 6.07) is 0. The maximum atomic E-state index is 10.1. The van der Waals surface area contributed by atoms with Crippen molar-refractivity contribution in [3.05, 3.63) is 0 Å². The van der Waals surface area contributed by atoms with Crippen molar-refractivity contribution in [2.75, 3.05) is 6.61 Å². The molecule has 0 unspecified atom stereocenters. The molecule has 0 aliphatic carbocycles. The Hall–Kier alpha value is 0.830. The standard InChI is InChI=1S/C3H8O5S.Na.H/c1-2-3-7-9(5,6)8-4;;/h4H,2-3H2,1H3;;. The molecule has 1 N–H and O–H groups in total. The van der Waals surface area contributed by atoms with Gasteiger partial charge < -0.3 is 0 Å². The van der Waals surface area contributed by atoms with Gasteiger partial charge in [0.1, 0.15) is 0 Å². The van der Waals surface area contributed by atoms with Crippen LogP contribution in [0, 0.1) is 0 Å². The van der Waals surface area contributed by atoms with Crippen molar-refractivity contribution < 1.29 is 22.2 Å². The van der Waals surface area contributed by atoms with Gasteiger partial charge in [-0.15, -0.1) is 0 Å². The minimum atomic E-state index is -4.13. The Labute approximate surface area is 81.9 Å². The monoisotopic (exact) mass is 180 g/mol. The number of rotatable bonds is 4. The predicted octanol–water partition coefficient (Wildman–Crippen LogP) is -0.501. The maximum absolute atomic E-state index is 10.1. The zero-order chi connectivity index (χ0) is 7.33. The summed E-state index contributed by atoms with van der Waals surface area (Å²) < 4.78 is 27.1. The number of hydrogen-bond donors (Lipinski definition) is 1. The van der Waals surface area contributed by atoms with E-state index < -0.39 is 10.4 Å². The summed E-state index contributed by atoms with van der Waals surface area (Å²) in [5.41, 5.74) is 0. The topological polar surface area (TPSA) is 72.8 Å². The Kier molecular flexibility index (Phi) is 8.77. The molecule has 0 bridgehead atoms. The van der Waals surface area contributed by atoms with Crippen molar-refractivity contribution in [2.45, 2.75) is 13.3 Å². The van der Waals surface area contributed by atoms with Gasteiger partial charge in [0.2, 0.25) is 0 Å². The molecule has 0 aromatic rings. The fourth-order valence-corrected chi connectivity index (χ4v) is 0.621. The van der Waals surface area contributed by atoms with E-state index in [0.717, 1.165) is 0 Å². The van der Waals surface area contributed by atoms with E-state index in [4.69, 9.17) is 5.26 Å². The van der Waals surface area contributed by atoms with E-state index in [1.807, 2.05) is 0 Å². The first-order valence-corrected chi connectivity index (χ1v) is 3.68. The molecule has 0 aliphatic heterocycles. The van der Waals surface area contributed by atoms with Crippen molar-refractivity contribution in [1.82, 2.24) is 0 Å². The van der Waals surface area contributed by atoms with Crippen LogP contribution in [0.2, 0.25) is 0 Å². The summed E-state index contributed by atoms with van der Waals surface area (Å²) in [4.78, 5) is 0. The van der Waals surface area contributed by atoms with Crippen LogP contribution < -0.4 is 0 Å². The molecule has 5 nitrogen and oxygen atoms in total. The Morgan fingerprint density at radius 1 is 1.50 bits per heavy atom. The molecule has 0 saturated heterocycles. The van der Waals surface area contributed by atoms with Crippen LogP contribution in [0.25, 0.3) is 0 Å². The molecule has 0 spiro atoms. The fourth-order valence-electron chi connectivity index (χ4n) is 0.207. The molecule has 58 valence electrons. The van der Waals surface area contributed by atoms with Gasteiger partial charge in [-0.05, 0) is 6.42 Å². The van der Waals surface area contributed by atoms with Crippen LogP contribution in [0.4, 0.5) is 0 Å². The van der Waals surface area contributed by atoms with Gasteiger partial charge in [0, 0.05) is 0 Å². The summed E-state index contributed by atoms with van der Waals surface area (Å²) in [6.45, 7) is 1.75. The summed E-state index contributed by atoms with van der Waals surface area (Å²) in [5.74, 6) is 0. The van der Waals surface area contributed by atoms with E-state index >= 15 is 0 Å². The molecule has 0 atom stereocenters. The molecule has 0 aromatic carbocycles. The van der Waals surface area contributed by atoms with Crippen molar-refractivity contribution in [3.8, 4) is 0 Å². The van der Waals surface area contributed by atoms with Crippen LogP contribution in [-0.4, -0.2) is 49.8 Å².